The summed E-state index contributed by atoms with van der Waals surface area (Å²) in [5.74, 6) is 0. The molecule has 0 aliphatic rings. The molecule has 2 nitrogen and oxygen atoms in total. The fraction of sp³-hybridized carbons (Fsp3) is 0.800. The summed E-state index contributed by atoms with van der Waals surface area (Å²) in [5, 5.41) is 6.06. The first kappa shape index (κ1) is 14.2. The maximum atomic E-state index is 3.70. The highest BCUT2D eigenvalue weighted by atomic mass is 79.9. The van der Waals surface area contributed by atoms with E-state index >= 15 is 0 Å². The van der Waals surface area contributed by atoms with Gasteiger partial charge in [0.15, 0.2) is 0 Å². The average Bonchev–Trinajstić information content (AvgIpc) is 1.93. The van der Waals surface area contributed by atoms with Crippen LogP contribution >= 0.6 is 25.8 Å². The third kappa shape index (κ3) is 12.3. The minimum atomic E-state index is 0.0417. The Bertz CT molecular complexity index is 47.4. The number of halogens is 2. The van der Waals surface area contributed by atoms with Gasteiger partial charge in [0.05, 0.1) is 6.17 Å². The Morgan fingerprint density at radius 2 is 1.70 bits per heavy atom. The molecule has 2 N–H and O–H groups in total. The molecule has 0 saturated heterocycles. The van der Waals surface area contributed by atoms with Gasteiger partial charge in [-0.15, -0.1) is 0 Å². The molecule has 0 atom stereocenters. The van der Waals surface area contributed by atoms with Crippen LogP contribution in [0.5, 0.6) is 0 Å². The maximum absolute atomic E-state index is 3.70. The van der Waals surface area contributed by atoms with Crippen molar-refractivity contribution in [2.45, 2.75) is 12.6 Å². The molecule has 0 aromatic heterocycles. The number of rotatable bonds is 3. The third-order valence-electron chi connectivity index (χ3n) is 0.986. The standard InChI is InChI=1S/C5H13N2.2BrH.Mg/c1-4-5(6-2)7-3;;;/h5-7H,1,4H2,2-3H3;2*1H;/q;;;+2/p-2. The molecule has 0 fully saturated rings. The predicted molar refractivity (Wildman–Crippen MR) is 55.5 cm³/mol. The molecular weight excluding hydrogens is 272 g/mol. The SMILES string of the molecule is [Br][Mg][Br].[CH2]CC(NC)NC. The van der Waals surface area contributed by atoms with E-state index in [2.05, 4.69) is 43.3 Å². The highest BCUT2D eigenvalue weighted by molar-refractivity contribution is 9.47. The van der Waals surface area contributed by atoms with Gasteiger partial charge in [-0.3, -0.25) is 25.8 Å². The average molecular weight is 285 g/mol. The highest BCUT2D eigenvalue weighted by Gasteiger charge is 1.92. The van der Waals surface area contributed by atoms with Crippen LogP contribution < -0.4 is 10.6 Å². The largest absolute Gasteiger partial charge is 0.560 e. The van der Waals surface area contributed by atoms with Gasteiger partial charge in [-0.25, -0.2) is 0 Å². The Balaban J connectivity index is 0. The zero-order chi connectivity index (χ0) is 8.41. The lowest BCUT2D eigenvalue weighted by Gasteiger charge is -2.10. The van der Waals surface area contributed by atoms with Crippen molar-refractivity contribution in [2.75, 3.05) is 14.1 Å². The second kappa shape index (κ2) is 13.3. The molecule has 0 aliphatic carbocycles. The van der Waals surface area contributed by atoms with E-state index in [4.69, 9.17) is 0 Å². The quantitative estimate of drug-likeness (QED) is 0.603. The van der Waals surface area contributed by atoms with Crippen molar-refractivity contribution < 1.29 is 0 Å². The molecule has 5 heteroatoms. The molecule has 0 saturated carbocycles. The Morgan fingerprint density at radius 1 is 1.40 bits per heavy atom. The molecular formula is C5H13Br2MgN2. The van der Waals surface area contributed by atoms with Crippen LogP contribution in [0.4, 0.5) is 0 Å². The minimum Gasteiger partial charge on any atom is -0.305 e. The lowest BCUT2D eigenvalue weighted by molar-refractivity contribution is 0.499. The van der Waals surface area contributed by atoms with Crippen molar-refractivity contribution in [1.82, 2.24) is 10.6 Å². The first-order valence-corrected chi connectivity index (χ1v) is 10.8. The van der Waals surface area contributed by atoms with E-state index in [1.165, 1.54) is 0 Å². The molecule has 0 aliphatic heterocycles. The summed E-state index contributed by atoms with van der Waals surface area (Å²) in [4.78, 5) is 0. The minimum absolute atomic E-state index is 0.0417. The van der Waals surface area contributed by atoms with E-state index in [0.717, 1.165) is 6.42 Å². The number of hydrogen-bond donors (Lipinski definition) is 2. The molecule has 0 amide bonds. The van der Waals surface area contributed by atoms with Crippen molar-refractivity contribution in [2.24, 2.45) is 0 Å². The number of nitrogens with one attached hydrogen (secondary N) is 2. The van der Waals surface area contributed by atoms with E-state index in [-0.39, 0.29) is 16.0 Å². The van der Waals surface area contributed by atoms with Crippen molar-refractivity contribution in [3.63, 3.8) is 0 Å². The normalized spacial score (nSPS) is 8.20. The molecule has 0 heterocycles. The van der Waals surface area contributed by atoms with Gasteiger partial charge < -0.3 is 10.6 Å². The van der Waals surface area contributed by atoms with Gasteiger partial charge in [-0.2, -0.15) is 0 Å². The maximum Gasteiger partial charge on any atom is 0.560 e. The van der Waals surface area contributed by atoms with Crippen LogP contribution in [0, 0.1) is 6.92 Å². The van der Waals surface area contributed by atoms with E-state index < -0.39 is 0 Å². The Hall–Kier alpha value is 1.65. The molecule has 0 rings (SSSR count). The van der Waals surface area contributed by atoms with Gasteiger partial charge in [0, 0.05) is 0 Å². The predicted octanol–water partition coefficient (Wildman–Crippen LogP) is 1.29. The summed E-state index contributed by atoms with van der Waals surface area (Å²) in [5.41, 5.74) is 0. The van der Waals surface area contributed by atoms with E-state index in [9.17, 15) is 0 Å². The van der Waals surface area contributed by atoms with E-state index in [1.54, 1.807) is 0 Å². The van der Waals surface area contributed by atoms with Crippen LogP contribution in [-0.2, 0) is 0 Å². The van der Waals surface area contributed by atoms with Crippen LogP contribution in [0.3, 0.4) is 0 Å². The first-order chi connectivity index (χ1) is 4.76. The molecule has 10 heavy (non-hydrogen) atoms. The third-order valence-corrected chi connectivity index (χ3v) is 0.986. The molecule has 0 spiro atoms. The van der Waals surface area contributed by atoms with E-state index in [0.29, 0.717) is 6.17 Å². The fourth-order valence-electron chi connectivity index (χ4n) is 0.433. The smallest absolute Gasteiger partial charge is 0.305 e. The molecule has 1 radical (unpaired) electrons. The summed E-state index contributed by atoms with van der Waals surface area (Å²) in [6.45, 7) is 3.70. The van der Waals surface area contributed by atoms with Crippen LogP contribution in [-0.4, -0.2) is 36.3 Å². The second-order valence-corrected chi connectivity index (χ2v) is 9.60. The van der Waals surface area contributed by atoms with Gasteiger partial charge >= 0.3 is 16.0 Å². The van der Waals surface area contributed by atoms with Crippen molar-refractivity contribution >= 4 is 41.8 Å². The molecule has 59 valence electrons. The van der Waals surface area contributed by atoms with E-state index in [1.807, 2.05) is 14.1 Å². The number of hydrogen-bond acceptors (Lipinski definition) is 2. The summed E-state index contributed by atoms with van der Waals surface area (Å²) in [6, 6.07) is 0. The van der Waals surface area contributed by atoms with Gasteiger partial charge in [-0.05, 0) is 20.5 Å². The topological polar surface area (TPSA) is 24.1 Å². The Labute approximate surface area is 85.4 Å². The second-order valence-electron chi connectivity index (χ2n) is 1.52. The monoisotopic (exact) mass is 283 g/mol. The van der Waals surface area contributed by atoms with Crippen LogP contribution in [0.1, 0.15) is 6.42 Å². The van der Waals surface area contributed by atoms with Gasteiger partial charge in [-0.1, -0.05) is 6.92 Å². The highest BCUT2D eigenvalue weighted by Crippen LogP contribution is 1.78. The summed E-state index contributed by atoms with van der Waals surface area (Å²) in [7, 11) is 3.82. The molecule has 0 unspecified atom stereocenters. The van der Waals surface area contributed by atoms with Gasteiger partial charge in [0.1, 0.15) is 0 Å². The lowest BCUT2D eigenvalue weighted by atomic mass is 10.4. The van der Waals surface area contributed by atoms with Gasteiger partial charge in [0.2, 0.25) is 0 Å². The Kier molecular flexibility index (Phi) is 18.8. The van der Waals surface area contributed by atoms with Crippen molar-refractivity contribution in [1.29, 1.82) is 0 Å². The summed E-state index contributed by atoms with van der Waals surface area (Å²) >= 11 is 6.44. The molecule has 0 bridgehead atoms. The first-order valence-electron chi connectivity index (χ1n) is 3.02. The zero-order valence-electron chi connectivity index (χ0n) is 6.45. The Morgan fingerprint density at radius 3 is 1.70 bits per heavy atom. The zero-order valence-corrected chi connectivity index (χ0v) is 11.0. The molecule has 0 aromatic rings. The van der Waals surface area contributed by atoms with Crippen LogP contribution in [0.15, 0.2) is 0 Å². The molecule has 0 aromatic carbocycles. The van der Waals surface area contributed by atoms with Crippen molar-refractivity contribution in [3.05, 3.63) is 6.92 Å². The summed E-state index contributed by atoms with van der Waals surface area (Å²) in [6.07, 6.45) is 1.26. The fourth-order valence-corrected chi connectivity index (χ4v) is 0.433. The van der Waals surface area contributed by atoms with Crippen LogP contribution in [0.25, 0.3) is 0 Å². The van der Waals surface area contributed by atoms with Crippen LogP contribution in [0.2, 0.25) is 0 Å². The van der Waals surface area contributed by atoms with Gasteiger partial charge in [0.25, 0.3) is 0 Å². The lowest BCUT2D eigenvalue weighted by Crippen LogP contribution is -2.36. The summed E-state index contributed by atoms with van der Waals surface area (Å²) < 4.78 is 0. The van der Waals surface area contributed by atoms with Crippen molar-refractivity contribution in [3.8, 4) is 0 Å².